The van der Waals surface area contributed by atoms with E-state index in [1.807, 2.05) is 35.2 Å². The van der Waals surface area contributed by atoms with Gasteiger partial charge in [0.15, 0.2) is 0 Å². The monoisotopic (exact) mass is 335 g/mol. The summed E-state index contributed by atoms with van der Waals surface area (Å²) in [6, 6.07) is 20.6. The number of ether oxygens (including phenoxy) is 1. The molecule has 2 fully saturated rings. The predicted octanol–water partition coefficient (Wildman–Crippen LogP) is 3.79. The van der Waals surface area contributed by atoms with Crippen molar-refractivity contribution in [1.29, 1.82) is 0 Å². The van der Waals surface area contributed by atoms with E-state index >= 15 is 0 Å². The Balaban J connectivity index is 1.42. The minimum atomic E-state index is -0.148. The van der Waals surface area contributed by atoms with E-state index in [4.69, 9.17) is 4.74 Å². The molecule has 2 aromatic carbocycles. The fraction of sp³-hybridized carbons (Fsp3) is 0.409. The van der Waals surface area contributed by atoms with Crippen LogP contribution in [0.3, 0.4) is 0 Å². The zero-order chi connectivity index (χ0) is 17.1. The van der Waals surface area contributed by atoms with Gasteiger partial charge in [-0.3, -0.25) is 4.79 Å². The van der Waals surface area contributed by atoms with E-state index < -0.39 is 0 Å². The maximum absolute atomic E-state index is 12.7. The van der Waals surface area contributed by atoms with Crippen LogP contribution in [0.4, 0.5) is 0 Å². The number of benzene rings is 2. The number of amides is 1. The van der Waals surface area contributed by atoms with Crippen LogP contribution in [0, 0.1) is 0 Å². The smallest absolute Gasteiger partial charge is 0.227 e. The molecule has 0 bridgehead atoms. The summed E-state index contributed by atoms with van der Waals surface area (Å²) in [5, 5.41) is 0. The highest BCUT2D eigenvalue weighted by Crippen LogP contribution is 2.41. The molecule has 2 aliphatic heterocycles. The minimum absolute atomic E-state index is 0.148. The lowest BCUT2D eigenvalue weighted by atomic mass is 9.84. The highest BCUT2D eigenvalue weighted by atomic mass is 16.5. The highest BCUT2D eigenvalue weighted by molar-refractivity contribution is 5.79. The van der Waals surface area contributed by atoms with E-state index in [1.54, 1.807) is 0 Å². The Morgan fingerprint density at radius 2 is 1.80 bits per heavy atom. The van der Waals surface area contributed by atoms with Crippen LogP contribution < -0.4 is 0 Å². The molecule has 1 amide bonds. The van der Waals surface area contributed by atoms with Crippen LogP contribution in [0.5, 0.6) is 0 Å². The first-order valence-corrected chi connectivity index (χ1v) is 9.25. The zero-order valence-electron chi connectivity index (χ0n) is 14.6. The third kappa shape index (κ3) is 3.62. The molecule has 2 unspecified atom stereocenters. The fourth-order valence-corrected chi connectivity index (χ4v) is 4.26. The first-order valence-electron chi connectivity index (χ1n) is 9.25. The molecule has 25 heavy (non-hydrogen) atoms. The molecule has 1 spiro atoms. The summed E-state index contributed by atoms with van der Waals surface area (Å²) >= 11 is 0. The zero-order valence-corrected chi connectivity index (χ0v) is 14.6. The van der Waals surface area contributed by atoms with E-state index in [-0.39, 0.29) is 11.5 Å². The molecule has 2 atom stereocenters. The average molecular weight is 335 g/mol. The van der Waals surface area contributed by atoms with Crippen LogP contribution in [0.25, 0.3) is 0 Å². The molecule has 2 aliphatic rings. The second-order valence-corrected chi connectivity index (χ2v) is 7.39. The molecule has 2 saturated heterocycles. The van der Waals surface area contributed by atoms with Gasteiger partial charge in [0, 0.05) is 19.0 Å². The van der Waals surface area contributed by atoms with Crippen molar-refractivity contribution in [2.24, 2.45) is 0 Å². The molecule has 3 heteroatoms. The molecule has 0 aliphatic carbocycles. The van der Waals surface area contributed by atoms with Gasteiger partial charge in [-0.1, -0.05) is 60.7 Å². The Bertz CT molecular complexity index is 715. The Kier molecular flexibility index (Phi) is 4.58. The molecule has 0 saturated carbocycles. The Hall–Kier alpha value is -2.13. The van der Waals surface area contributed by atoms with Crippen molar-refractivity contribution in [1.82, 2.24) is 4.90 Å². The molecular formula is C22H25NO2. The van der Waals surface area contributed by atoms with Gasteiger partial charge in [-0.15, -0.1) is 0 Å². The Morgan fingerprint density at radius 3 is 2.56 bits per heavy atom. The topological polar surface area (TPSA) is 29.5 Å². The Labute approximate surface area is 149 Å². The summed E-state index contributed by atoms with van der Waals surface area (Å²) in [4.78, 5) is 14.7. The van der Waals surface area contributed by atoms with Crippen molar-refractivity contribution < 1.29 is 9.53 Å². The van der Waals surface area contributed by atoms with Crippen molar-refractivity contribution >= 4 is 5.91 Å². The van der Waals surface area contributed by atoms with Crippen molar-refractivity contribution in [2.75, 3.05) is 19.7 Å². The van der Waals surface area contributed by atoms with Gasteiger partial charge in [0.25, 0.3) is 0 Å². The molecular weight excluding hydrogens is 310 g/mol. The van der Waals surface area contributed by atoms with Crippen LogP contribution >= 0.6 is 0 Å². The number of piperidine rings is 1. The number of carbonyl (C=O) groups is 1. The van der Waals surface area contributed by atoms with Crippen molar-refractivity contribution in [3.05, 3.63) is 71.8 Å². The minimum Gasteiger partial charge on any atom is -0.372 e. The molecule has 3 nitrogen and oxygen atoms in total. The van der Waals surface area contributed by atoms with Crippen molar-refractivity contribution in [3.8, 4) is 0 Å². The van der Waals surface area contributed by atoms with Crippen LogP contribution in [0.1, 0.15) is 36.3 Å². The lowest BCUT2D eigenvalue weighted by molar-refractivity contribution is -0.138. The average Bonchev–Trinajstić information content (AvgIpc) is 3.06. The van der Waals surface area contributed by atoms with Gasteiger partial charge in [0.1, 0.15) is 0 Å². The van der Waals surface area contributed by atoms with Crippen molar-refractivity contribution in [3.63, 3.8) is 0 Å². The SMILES string of the molecule is O=C(Cc1ccccc1)N1CCCC2(CC(c3ccccc3)CO2)C1. The van der Waals surface area contributed by atoms with Crippen molar-refractivity contribution in [2.45, 2.75) is 37.2 Å². The van der Waals surface area contributed by atoms with Crippen LogP contribution in [-0.2, 0) is 16.0 Å². The molecule has 2 heterocycles. The van der Waals surface area contributed by atoms with Crippen LogP contribution in [0.15, 0.2) is 60.7 Å². The summed E-state index contributed by atoms with van der Waals surface area (Å²) in [6.07, 6.45) is 3.60. The predicted molar refractivity (Wildman–Crippen MR) is 98.4 cm³/mol. The lowest BCUT2D eigenvalue weighted by Crippen LogP contribution is -2.50. The third-order valence-corrected chi connectivity index (χ3v) is 5.57. The summed E-state index contributed by atoms with van der Waals surface area (Å²) in [6.45, 7) is 2.36. The summed E-state index contributed by atoms with van der Waals surface area (Å²) in [5.74, 6) is 0.669. The number of nitrogens with zero attached hydrogens (tertiary/aromatic N) is 1. The first kappa shape index (κ1) is 16.3. The van der Waals surface area contributed by atoms with Gasteiger partial charge >= 0.3 is 0 Å². The number of carbonyl (C=O) groups excluding carboxylic acids is 1. The van der Waals surface area contributed by atoms with E-state index in [1.165, 1.54) is 5.56 Å². The fourth-order valence-electron chi connectivity index (χ4n) is 4.26. The Morgan fingerprint density at radius 1 is 1.08 bits per heavy atom. The second-order valence-electron chi connectivity index (χ2n) is 7.39. The number of hydrogen-bond acceptors (Lipinski definition) is 2. The van der Waals surface area contributed by atoms with E-state index in [9.17, 15) is 4.79 Å². The number of hydrogen-bond donors (Lipinski definition) is 0. The quantitative estimate of drug-likeness (QED) is 0.854. The summed E-state index contributed by atoms with van der Waals surface area (Å²) in [5.41, 5.74) is 2.29. The standard InChI is InChI=1S/C22H25NO2/c24-21(14-18-8-3-1-4-9-18)23-13-7-12-22(17-23)15-20(16-25-22)19-10-5-2-6-11-19/h1-6,8-11,20H,7,12-17H2. The van der Waals surface area contributed by atoms with Gasteiger partial charge in [-0.25, -0.2) is 0 Å². The summed E-state index contributed by atoms with van der Waals surface area (Å²) in [7, 11) is 0. The van der Waals surface area contributed by atoms with Gasteiger partial charge in [0.2, 0.25) is 5.91 Å². The number of rotatable bonds is 3. The maximum Gasteiger partial charge on any atom is 0.227 e. The van der Waals surface area contributed by atoms with E-state index in [2.05, 4.69) is 30.3 Å². The number of likely N-dealkylation sites (tertiary alicyclic amines) is 1. The molecule has 0 N–H and O–H groups in total. The molecule has 130 valence electrons. The molecule has 4 rings (SSSR count). The van der Waals surface area contributed by atoms with E-state index in [0.29, 0.717) is 12.3 Å². The highest BCUT2D eigenvalue weighted by Gasteiger charge is 2.44. The summed E-state index contributed by atoms with van der Waals surface area (Å²) < 4.78 is 6.29. The molecule has 0 aromatic heterocycles. The molecule has 2 aromatic rings. The first-order chi connectivity index (χ1) is 12.2. The van der Waals surface area contributed by atoms with Crippen LogP contribution in [0.2, 0.25) is 0 Å². The van der Waals surface area contributed by atoms with Gasteiger partial charge in [-0.2, -0.15) is 0 Å². The molecule has 0 radical (unpaired) electrons. The normalized spacial score (nSPS) is 26.1. The lowest BCUT2D eigenvalue weighted by Gasteiger charge is -2.40. The van der Waals surface area contributed by atoms with Gasteiger partial charge < -0.3 is 9.64 Å². The van der Waals surface area contributed by atoms with Crippen LogP contribution in [-0.4, -0.2) is 36.1 Å². The third-order valence-electron chi connectivity index (χ3n) is 5.57. The second kappa shape index (κ2) is 7.01. The maximum atomic E-state index is 12.7. The van der Waals surface area contributed by atoms with Gasteiger partial charge in [0.05, 0.1) is 18.6 Å². The largest absolute Gasteiger partial charge is 0.372 e. The van der Waals surface area contributed by atoms with E-state index in [0.717, 1.165) is 44.5 Å². The van der Waals surface area contributed by atoms with Gasteiger partial charge in [-0.05, 0) is 30.4 Å².